The van der Waals surface area contributed by atoms with Crippen molar-refractivity contribution >= 4 is 5.95 Å². The van der Waals surface area contributed by atoms with E-state index in [1.54, 1.807) is 0 Å². The van der Waals surface area contributed by atoms with Crippen LogP contribution in [0.4, 0.5) is 5.95 Å². The summed E-state index contributed by atoms with van der Waals surface area (Å²) >= 11 is 0. The van der Waals surface area contributed by atoms with Crippen LogP contribution in [0.15, 0.2) is 0 Å². The molecule has 2 fully saturated rings. The van der Waals surface area contributed by atoms with Crippen molar-refractivity contribution in [3.8, 4) is 0 Å². The number of H-pyrrole nitrogens is 1. The molecule has 2 N–H and O–H groups in total. The summed E-state index contributed by atoms with van der Waals surface area (Å²) in [6.07, 6.45) is 6.24. The molecular formula is C15H27N5. The molecule has 2 aliphatic heterocycles. The third-order valence-electron chi connectivity index (χ3n) is 4.61. The Bertz CT molecular complexity index is 414. The first kappa shape index (κ1) is 13.9. The lowest BCUT2D eigenvalue weighted by Gasteiger charge is -2.34. The Balaban J connectivity index is 1.53. The Morgan fingerprint density at radius 2 is 2.05 bits per heavy atom. The van der Waals surface area contributed by atoms with Gasteiger partial charge >= 0.3 is 0 Å². The van der Waals surface area contributed by atoms with Crippen molar-refractivity contribution in [1.82, 2.24) is 20.5 Å². The van der Waals surface area contributed by atoms with Crippen LogP contribution in [-0.4, -0.2) is 40.9 Å². The molecule has 0 spiro atoms. The summed E-state index contributed by atoms with van der Waals surface area (Å²) in [4.78, 5) is 6.98. The maximum atomic E-state index is 4.64. The molecule has 2 aliphatic rings. The zero-order chi connectivity index (χ0) is 13.9. The van der Waals surface area contributed by atoms with Gasteiger partial charge in [0.05, 0.1) is 0 Å². The second-order valence-electron chi connectivity index (χ2n) is 6.71. The number of nitrogens with one attached hydrogen (secondary N) is 2. The minimum absolute atomic E-state index is 0.620. The zero-order valence-corrected chi connectivity index (χ0v) is 12.7. The van der Waals surface area contributed by atoms with Gasteiger partial charge in [0.1, 0.15) is 5.82 Å². The largest absolute Gasteiger partial charge is 0.340 e. The first-order chi connectivity index (χ1) is 9.72. The third kappa shape index (κ3) is 3.14. The van der Waals surface area contributed by atoms with E-state index < -0.39 is 0 Å². The van der Waals surface area contributed by atoms with Crippen molar-refractivity contribution in [2.45, 2.75) is 52.0 Å². The number of hydrogen-bond acceptors (Lipinski definition) is 4. The van der Waals surface area contributed by atoms with Crippen LogP contribution in [0, 0.1) is 11.8 Å². The SMILES string of the molecule is CC(C)Cc1nc(N2CCC(C3CCCN3)CC2)n[nH]1. The normalized spacial score (nSPS) is 24.8. The first-order valence-electron chi connectivity index (χ1n) is 8.12. The Hall–Kier alpha value is -1.10. The highest BCUT2D eigenvalue weighted by Gasteiger charge is 2.29. The van der Waals surface area contributed by atoms with E-state index in [0.29, 0.717) is 5.92 Å². The molecule has 0 amide bonds. The summed E-state index contributed by atoms with van der Waals surface area (Å²) in [6.45, 7) is 7.83. The van der Waals surface area contributed by atoms with Crippen molar-refractivity contribution in [2.75, 3.05) is 24.5 Å². The molecule has 0 saturated carbocycles. The molecule has 112 valence electrons. The fourth-order valence-electron chi connectivity index (χ4n) is 3.52. The van der Waals surface area contributed by atoms with Crippen LogP contribution >= 0.6 is 0 Å². The minimum atomic E-state index is 0.620. The van der Waals surface area contributed by atoms with Gasteiger partial charge in [-0.2, -0.15) is 4.98 Å². The highest BCUT2D eigenvalue weighted by molar-refractivity contribution is 5.29. The fourth-order valence-corrected chi connectivity index (χ4v) is 3.52. The van der Waals surface area contributed by atoms with E-state index in [-0.39, 0.29) is 0 Å². The van der Waals surface area contributed by atoms with Crippen LogP contribution < -0.4 is 10.2 Å². The number of rotatable bonds is 4. The van der Waals surface area contributed by atoms with Crippen LogP contribution in [-0.2, 0) is 6.42 Å². The standard InChI is InChI=1S/C15H27N5/c1-11(2)10-14-17-15(19-18-14)20-8-5-12(6-9-20)13-4-3-7-16-13/h11-13,16H,3-10H2,1-2H3,(H,17,18,19). The van der Waals surface area contributed by atoms with E-state index in [2.05, 4.69) is 39.2 Å². The van der Waals surface area contributed by atoms with Crippen LogP contribution in [0.5, 0.6) is 0 Å². The molecule has 5 nitrogen and oxygen atoms in total. The molecule has 0 aliphatic carbocycles. The third-order valence-corrected chi connectivity index (χ3v) is 4.61. The minimum Gasteiger partial charge on any atom is -0.340 e. The average Bonchev–Trinajstić information content (AvgIpc) is 3.09. The lowest BCUT2D eigenvalue weighted by molar-refractivity contribution is 0.317. The monoisotopic (exact) mass is 277 g/mol. The number of anilines is 1. The summed E-state index contributed by atoms with van der Waals surface area (Å²) in [5.41, 5.74) is 0. The summed E-state index contributed by atoms with van der Waals surface area (Å²) in [5.74, 6) is 3.39. The number of hydrogen-bond donors (Lipinski definition) is 2. The molecule has 1 unspecified atom stereocenters. The summed E-state index contributed by atoms with van der Waals surface area (Å²) in [6, 6.07) is 0.765. The molecule has 0 bridgehead atoms. The maximum absolute atomic E-state index is 4.64. The van der Waals surface area contributed by atoms with E-state index in [0.717, 1.165) is 43.2 Å². The summed E-state index contributed by atoms with van der Waals surface area (Å²) < 4.78 is 0. The fraction of sp³-hybridized carbons (Fsp3) is 0.867. The molecule has 1 aromatic heterocycles. The highest BCUT2D eigenvalue weighted by atomic mass is 15.4. The van der Waals surface area contributed by atoms with Crippen molar-refractivity contribution in [3.05, 3.63) is 5.82 Å². The summed E-state index contributed by atoms with van der Waals surface area (Å²) in [5, 5.41) is 11.1. The van der Waals surface area contributed by atoms with Crippen LogP contribution in [0.3, 0.4) is 0 Å². The first-order valence-corrected chi connectivity index (χ1v) is 8.12. The number of aromatic nitrogens is 3. The quantitative estimate of drug-likeness (QED) is 0.883. The Labute approximate surface area is 121 Å². The van der Waals surface area contributed by atoms with Gasteiger partial charge in [0.25, 0.3) is 0 Å². The topological polar surface area (TPSA) is 56.8 Å². The van der Waals surface area contributed by atoms with Gasteiger partial charge in [-0.25, -0.2) is 0 Å². The van der Waals surface area contributed by atoms with Crippen molar-refractivity contribution in [1.29, 1.82) is 0 Å². The molecular weight excluding hydrogens is 250 g/mol. The predicted octanol–water partition coefficient (Wildman–Crippen LogP) is 1.97. The van der Waals surface area contributed by atoms with Crippen molar-refractivity contribution in [3.63, 3.8) is 0 Å². The second kappa shape index (κ2) is 6.12. The maximum Gasteiger partial charge on any atom is 0.244 e. The van der Waals surface area contributed by atoms with Crippen molar-refractivity contribution < 1.29 is 0 Å². The Morgan fingerprint density at radius 3 is 2.70 bits per heavy atom. The Morgan fingerprint density at radius 1 is 1.25 bits per heavy atom. The van der Waals surface area contributed by atoms with Gasteiger partial charge in [-0.05, 0) is 44.1 Å². The summed E-state index contributed by atoms with van der Waals surface area (Å²) in [7, 11) is 0. The molecule has 0 aromatic carbocycles. The van der Waals surface area contributed by atoms with Gasteiger partial charge in [0.2, 0.25) is 5.95 Å². The zero-order valence-electron chi connectivity index (χ0n) is 12.7. The smallest absolute Gasteiger partial charge is 0.244 e. The van der Waals surface area contributed by atoms with E-state index in [1.807, 2.05) is 0 Å². The van der Waals surface area contributed by atoms with E-state index in [1.165, 1.54) is 32.2 Å². The molecule has 3 rings (SSSR count). The molecule has 1 atom stereocenters. The van der Waals surface area contributed by atoms with Crippen LogP contribution in [0.25, 0.3) is 0 Å². The highest BCUT2D eigenvalue weighted by Crippen LogP contribution is 2.27. The molecule has 0 radical (unpaired) electrons. The van der Waals surface area contributed by atoms with Gasteiger partial charge in [0, 0.05) is 25.6 Å². The van der Waals surface area contributed by atoms with Gasteiger partial charge in [-0.15, -0.1) is 5.10 Å². The van der Waals surface area contributed by atoms with Gasteiger partial charge in [-0.3, -0.25) is 5.10 Å². The van der Waals surface area contributed by atoms with Gasteiger partial charge in [-0.1, -0.05) is 13.8 Å². The number of piperidine rings is 1. The molecule has 5 heteroatoms. The van der Waals surface area contributed by atoms with Crippen molar-refractivity contribution in [2.24, 2.45) is 11.8 Å². The molecule has 2 saturated heterocycles. The van der Waals surface area contributed by atoms with Crippen LogP contribution in [0.1, 0.15) is 45.4 Å². The van der Waals surface area contributed by atoms with E-state index >= 15 is 0 Å². The second-order valence-corrected chi connectivity index (χ2v) is 6.71. The molecule has 3 heterocycles. The number of aromatic amines is 1. The Kier molecular flexibility index (Phi) is 4.24. The predicted molar refractivity (Wildman–Crippen MR) is 80.9 cm³/mol. The lowest BCUT2D eigenvalue weighted by atomic mass is 9.89. The molecule has 20 heavy (non-hydrogen) atoms. The van der Waals surface area contributed by atoms with E-state index in [9.17, 15) is 0 Å². The number of nitrogens with zero attached hydrogens (tertiary/aromatic N) is 3. The van der Waals surface area contributed by atoms with Crippen LogP contribution in [0.2, 0.25) is 0 Å². The average molecular weight is 277 g/mol. The van der Waals surface area contributed by atoms with Gasteiger partial charge in [0.15, 0.2) is 0 Å². The lowest BCUT2D eigenvalue weighted by Crippen LogP contribution is -2.41. The molecule has 1 aromatic rings. The van der Waals surface area contributed by atoms with Gasteiger partial charge < -0.3 is 10.2 Å². The van der Waals surface area contributed by atoms with E-state index in [4.69, 9.17) is 0 Å².